The number of rotatable bonds is 8. The maximum Gasteiger partial charge on any atom is 0.389 e. The third-order valence-electron chi connectivity index (χ3n) is 2.67. The molecule has 19 heavy (non-hydrogen) atoms. The van der Waals surface area contributed by atoms with Crippen LogP contribution in [0.2, 0.25) is 0 Å². The van der Waals surface area contributed by atoms with Crippen LogP contribution in [0.3, 0.4) is 0 Å². The molecule has 5 nitrogen and oxygen atoms in total. The molecule has 1 fully saturated rings. The molecule has 9 heteroatoms. The van der Waals surface area contributed by atoms with E-state index in [1.165, 1.54) is 24.6 Å². The summed E-state index contributed by atoms with van der Waals surface area (Å²) in [6.07, 6.45) is -2.32. The van der Waals surface area contributed by atoms with E-state index in [4.69, 9.17) is 0 Å². The Bertz CT molecular complexity index is 391. The Labute approximate surface area is 113 Å². The molecule has 0 aromatic carbocycles. The minimum Gasteiger partial charge on any atom is -0.312 e. The van der Waals surface area contributed by atoms with Gasteiger partial charge in [0.15, 0.2) is 0 Å². The number of nitrogens with one attached hydrogen (secondary N) is 1. The van der Waals surface area contributed by atoms with E-state index in [1.54, 1.807) is 4.68 Å². The summed E-state index contributed by atoms with van der Waals surface area (Å²) >= 11 is 1.27. The fraction of sp³-hybridized carbons (Fsp3) is 0.900. The van der Waals surface area contributed by atoms with Gasteiger partial charge in [-0.15, -0.1) is 5.10 Å². The predicted molar refractivity (Wildman–Crippen MR) is 64.9 cm³/mol. The molecular weight excluding hydrogens is 279 g/mol. The summed E-state index contributed by atoms with van der Waals surface area (Å²) in [5.41, 5.74) is 0. The lowest BCUT2D eigenvalue weighted by atomic mass is 10.3. The number of hydrogen-bond acceptors (Lipinski definition) is 5. The van der Waals surface area contributed by atoms with Gasteiger partial charge in [0.25, 0.3) is 0 Å². The number of alkyl halides is 3. The molecule has 1 aromatic heterocycles. The van der Waals surface area contributed by atoms with Crippen molar-refractivity contribution < 1.29 is 13.2 Å². The summed E-state index contributed by atoms with van der Waals surface area (Å²) in [4.78, 5) is 0. The molecule has 1 N–H and O–H groups in total. The second-order valence-corrected chi connectivity index (χ2v) is 5.54. The van der Waals surface area contributed by atoms with Crippen molar-refractivity contribution in [2.24, 2.45) is 0 Å². The van der Waals surface area contributed by atoms with Crippen molar-refractivity contribution >= 4 is 11.8 Å². The number of tetrazole rings is 1. The first-order chi connectivity index (χ1) is 9.04. The molecule has 0 aliphatic heterocycles. The quantitative estimate of drug-likeness (QED) is 0.586. The van der Waals surface area contributed by atoms with Crippen LogP contribution in [0.5, 0.6) is 0 Å². The van der Waals surface area contributed by atoms with E-state index in [1.807, 2.05) is 0 Å². The summed E-state index contributed by atoms with van der Waals surface area (Å²) in [7, 11) is 0. The smallest absolute Gasteiger partial charge is 0.312 e. The molecule has 1 heterocycles. The van der Waals surface area contributed by atoms with E-state index in [9.17, 15) is 13.2 Å². The Morgan fingerprint density at radius 2 is 2.16 bits per heavy atom. The number of aromatic nitrogens is 4. The van der Waals surface area contributed by atoms with Crippen molar-refractivity contribution in [2.75, 3.05) is 12.3 Å². The minimum absolute atomic E-state index is 0.0847. The van der Waals surface area contributed by atoms with Crippen molar-refractivity contribution in [1.82, 2.24) is 25.5 Å². The molecule has 2 rings (SSSR count). The van der Waals surface area contributed by atoms with E-state index >= 15 is 0 Å². The van der Waals surface area contributed by atoms with Crippen molar-refractivity contribution in [3.8, 4) is 0 Å². The van der Waals surface area contributed by atoms with Gasteiger partial charge in [-0.1, -0.05) is 11.8 Å². The Kier molecular flexibility index (Phi) is 5.03. The molecule has 0 radical (unpaired) electrons. The van der Waals surface area contributed by atoms with E-state index in [-0.39, 0.29) is 6.42 Å². The van der Waals surface area contributed by atoms with Crippen LogP contribution in [0.1, 0.15) is 25.7 Å². The van der Waals surface area contributed by atoms with Crippen LogP contribution in [0, 0.1) is 0 Å². The average Bonchev–Trinajstić information content (AvgIpc) is 3.03. The maximum absolute atomic E-state index is 12.0. The zero-order valence-corrected chi connectivity index (χ0v) is 11.2. The lowest BCUT2D eigenvalue weighted by Gasteiger charge is -2.06. The lowest BCUT2D eigenvalue weighted by Crippen LogP contribution is -2.22. The number of thioether (sulfide) groups is 1. The number of nitrogens with zero attached hydrogens (tertiary/aromatic N) is 4. The Morgan fingerprint density at radius 1 is 1.37 bits per heavy atom. The fourth-order valence-corrected chi connectivity index (χ4v) is 2.38. The molecule has 108 valence electrons. The van der Waals surface area contributed by atoms with Crippen LogP contribution in [0.4, 0.5) is 13.2 Å². The van der Waals surface area contributed by atoms with Crippen LogP contribution < -0.4 is 5.32 Å². The lowest BCUT2D eigenvalue weighted by molar-refractivity contribution is -0.134. The molecule has 0 bridgehead atoms. The van der Waals surface area contributed by atoms with Gasteiger partial charge in [0, 0.05) is 24.8 Å². The molecule has 0 amide bonds. The molecule has 1 aliphatic carbocycles. The highest BCUT2D eigenvalue weighted by Gasteiger charge is 2.26. The molecule has 1 aromatic rings. The Hall–Kier alpha value is -0.830. The summed E-state index contributed by atoms with van der Waals surface area (Å²) in [6, 6.07) is 0.624. The Morgan fingerprint density at radius 3 is 2.84 bits per heavy atom. The van der Waals surface area contributed by atoms with E-state index < -0.39 is 12.6 Å². The zero-order chi connectivity index (χ0) is 13.7. The first kappa shape index (κ1) is 14.6. The fourth-order valence-electron chi connectivity index (χ4n) is 1.54. The number of halogens is 3. The van der Waals surface area contributed by atoms with Gasteiger partial charge in [-0.25, -0.2) is 4.68 Å². The molecular formula is C10H16F3N5S. The van der Waals surface area contributed by atoms with E-state index in [0.717, 1.165) is 6.54 Å². The highest BCUT2D eigenvalue weighted by molar-refractivity contribution is 7.99. The van der Waals surface area contributed by atoms with Crippen LogP contribution in [0.25, 0.3) is 0 Å². The zero-order valence-electron chi connectivity index (χ0n) is 10.4. The second-order valence-electron chi connectivity index (χ2n) is 4.48. The minimum atomic E-state index is -4.08. The molecule has 0 spiro atoms. The van der Waals surface area contributed by atoms with Gasteiger partial charge in [0.2, 0.25) is 5.16 Å². The largest absolute Gasteiger partial charge is 0.389 e. The van der Waals surface area contributed by atoms with Gasteiger partial charge in [-0.2, -0.15) is 13.2 Å². The van der Waals surface area contributed by atoms with Crippen LogP contribution in [-0.4, -0.2) is 44.7 Å². The summed E-state index contributed by atoms with van der Waals surface area (Å²) in [5.74, 6) is 0.371. The highest BCUT2D eigenvalue weighted by atomic mass is 32.2. The van der Waals surface area contributed by atoms with Crippen LogP contribution in [0.15, 0.2) is 5.16 Å². The van der Waals surface area contributed by atoms with E-state index in [2.05, 4.69) is 20.8 Å². The molecule has 1 aliphatic rings. The van der Waals surface area contributed by atoms with Crippen molar-refractivity contribution in [3.05, 3.63) is 0 Å². The molecule has 0 unspecified atom stereocenters. The first-order valence-corrected chi connectivity index (χ1v) is 7.22. The predicted octanol–water partition coefficient (Wildman–Crippen LogP) is 1.86. The summed E-state index contributed by atoms with van der Waals surface area (Å²) < 4.78 is 37.6. The van der Waals surface area contributed by atoms with Gasteiger partial charge in [-0.05, 0) is 29.7 Å². The van der Waals surface area contributed by atoms with Crippen molar-refractivity contribution in [3.63, 3.8) is 0 Å². The first-order valence-electron chi connectivity index (χ1n) is 6.24. The molecule has 1 saturated carbocycles. The Balaban J connectivity index is 1.66. The summed E-state index contributed by atoms with van der Waals surface area (Å²) in [6.45, 7) is 1.43. The van der Waals surface area contributed by atoms with Crippen LogP contribution >= 0.6 is 11.8 Å². The summed E-state index contributed by atoms with van der Waals surface area (Å²) in [5, 5.41) is 15.1. The van der Waals surface area contributed by atoms with Gasteiger partial charge in [-0.3, -0.25) is 0 Å². The average molecular weight is 295 g/mol. The second kappa shape index (κ2) is 6.56. The van der Waals surface area contributed by atoms with Gasteiger partial charge in [0.05, 0.1) is 6.54 Å². The van der Waals surface area contributed by atoms with Gasteiger partial charge in [0.1, 0.15) is 0 Å². The standard InChI is InChI=1S/C10H16F3N5S/c11-10(12,13)4-1-7-19-9-15-16-17-18(9)6-5-14-8-2-3-8/h8,14H,1-7H2. The van der Waals surface area contributed by atoms with Gasteiger partial charge < -0.3 is 5.32 Å². The normalized spacial score (nSPS) is 15.9. The van der Waals surface area contributed by atoms with Crippen molar-refractivity contribution in [2.45, 2.75) is 49.6 Å². The highest BCUT2D eigenvalue weighted by Crippen LogP contribution is 2.24. The molecule has 0 saturated heterocycles. The third-order valence-corrected chi connectivity index (χ3v) is 3.71. The van der Waals surface area contributed by atoms with Crippen LogP contribution in [-0.2, 0) is 6.54 Å². The number of hydrogen-bond donors (Lipinski definition) is 1. The molecule has 0 atom stereocenters. The topological polar surface area (TPSA) is 55.6 Å². The van der Waals surface area contributed by atoms with E-state index in [0.29, 0.717) is 23.5 Å². The van der Waals surface area contributed by atoms with Gasteiger partial charge >= 0.3 is 6.18 Å². The monoisotopic (exact) mass is 295 g/mol. The third kappa shape index (κ3) is 5.77. The van der Waals surface area contributed by atoms with Crippen molar-refractivity contribution in [1.29, 1.82) is 0 Å². The maximum atomic E-state index is 12.0. The SMILES string of the molecule is FC(F)(F)CCCSc1nnnn1CCNC1CC1.